The molecule has 2 aromatic rings. The minimum absolute atomic E-state index is 0.00576. The number of nitrogens with two attached hydrogens (primary N) is 1. The van der Waals surface area contributed by atoms with Crippen LogP contribution in [0.4, 0.5) is 5.69 Å². The predicted octanol–water partition coefficient (Wildman–Crippen LogP) is 4.25. The third-order valence-corrected chi connectivity index (χ3v) is 7.78. The first-order valence-corrected chi connectivity index (χ1v) is 10.5. The van der Waals surface area contributed by atoms with Gasteiger partial charge in [-0.25, -0.2) is 0 Å². The Kier molecular flexibility index (Phi) is 4.09. The summed E-state index contributed by atoms with van der Waals surface area (Å²) in [5.41, 5.74) is 9.04. The largest absolute Gasteiger partial charge is 0.508 e. The van der Waals surface area contributed by atoms with Gasteiger partial charge in [0.2, 0.25) is 0 Å². The molecular formula is C24H29NO3. The molecule has 2 aromatic carbocycles. The maximum atomic E-state index is 10.8. The average Bonchev–Trinajstić information content (AvgIpc) is 2.97. The Morgan fingerprint density at radius 2 is 1.86 bits per heavy atom. The topological polar surface area (TPSA) is 75.7 Å². The van der Waals surface area contributed by atoms with E-state index in [1.807, 2.05) is 30.3 Å². The summed E-state index contributed by atoms with van der Waals surface area (Å²) in [5, 5.41) is 20.8. The van der Waals surface area contributed by atoms with Crippen LogP contribution in [0.5, 0.6) is 11.5 Å². The van der Waals surface area contributed by atoms with Gasteiger partial charge in [-0.1, -0.05) is 13.0 Å². The number of aliphatic hydroxyl groups excluding tert-OH is 1. The van der Waals surface area contributed by atoms with E-state index in [1.165, 1.54) is 11.1 Å². The third kappa shape index (κ3) is 2.69. The molecule has 3 aliphatic carbocycles. The fourth-order valence-electron chi connectivity index (χ4n) is 6.42. The highest BCUT2D eigenvalue weighted by Gasteiger charge is 2.58. The number of phenolic OH excluding ortho intramolecular Hbond substituents is 1. The minimum Gasteiger partial charge on any atom is -0.508 e. The number of phenols is 1. The second-order valence-corrected chi connectivity index (χ2v) is 9.25. The highest BCUT2D eigenvalue weighted by Crippen LogP contribution is 2.61. The van der Waals surface area contributed by atoms with Crippen LogP contribution in [0.15, 0.2) is 42.5 Å². The lowest BCUT2D eigenvalue weighted by atomic mass is 9.54. The van der Waals surface area contributed by atoms with Gasteiger partial charge in [-0.15, -0.1) is 0 Å². The van der Waals surface area contributed by atoms with Gasteiger partial charge in [0.05, 0.1) is 6.10 Å². The Labute approximate surface area is 166 Å². The first-order valence-electron chi connectivity index (χ1n) is 10.5. The lowest BCUT2D eigenvalue weighted by molar-refractivity contribution is -0.0716. The van der Waals surface area contributed by atoms with Gasteiger partial charge in [-0.05, 0) is 91.5 Å². The maximum Gasteiger partial charge on any atom is 0.119 e. The van der Waals surface area contributed by atoms with E-state index in [4.69, 9.17) is 10.5 Å². The standard InChI is InChI=1S/C24H29NO3/c1-24-13-21(28-17-6-3-15(25)4-7-17)23-18-9-5-16(26)12-14(18)2-8-19(23)20(24)10-11-22(24)27/h3-7,9,12,19-23,26-27H,2,8,10-11,13,25H2,1H3/t19-,20-,21+,22+,23+,24-/m0/s1. The number of aromatic hydroxyl groups is 1. The Morgan fingerprint density at radius 1 is 1.07 bits per heavy atom. The Hall–Kier alpha value is -2.20. The van der Waals surface area contributed by atoms with Crippen LogP contribution < -0.4 is 10.5 Å². The molecule has 0 unspecified atom stereocenters. The van der Waals surface area contributed by atoms with Crippen molar-refractivity contribution < 1.29 is 14.9 Å². The van der Waals surface area contributed by atoms with Crippen LogP contribution >= 0.6 is 0 Å². The molecule has 0 heterocycles. The normalized spacial score (nSPS) is 36.3. The van der Waals surface area contributed by atoms with Crippen molar-refractivity contribution in [1.29, 1.82) is 0 Å². The molecule has 0 saturated heterocycles. The molecule has 4 heteroatoms. The van der Waals surface area contributed by atoms with E-state index < -0.39 is 0 Å². The average molecular weight is 380 g/mol. The molecule has 0 radical (unpaired) electrons. The van der Waals surface area contributed by atoms with E-state index in [-0.39, 0.29) is 17.6 Å². The summed E-state index contributed by atoms with van der Waals surface area (Å²) in [6, 6.07) is 13.4. The van der Waals surface area contributed by atoms with Gasteiger partial charge in [0, 0.05) is 17.0 Å². The fraction of sp³-hybridized carbons (Fsp3) is 0.500. The zero-order valence-corrected chi connectivity index (χ0v) is 16.3. The monoisotopic (exact) mass is 379 g/mol. The predicted molar refractivity (Wildman–Crippen MR) is 109 cm³/mol. The van der Waals surface area contributed by atoms with Crippen molar-refractivity contribution in [2.45, 2.75) is 57.2 Å². The minimum atomic E-state index is -0.253. The van der Waals surface area contributed by atoms with Crippen LogP contribution in [0.25, 0.3) is 0 Å². The summed E-state index contributed by atoms with van der Waals surface area (Å²) in [6.07, 6.45) is 4.67. The lowest BCUT2D eigenvalue weighted by Gasteiger charge is -2.53. The Bertz CT molecular complexity index is 880. The SMILES string of the molecule is C[C@]12C[C@@H](Oc3ccc(N)cc3)[C@@H]3c4ccc(O)cc4CC[C@H]3[C@@H]1CC[C@H]2O. The molecule has 5 rings (SSSR count). The van der Waals surface area contributed by atoms with Crippen LogP contribution in [0.1, 0.15) is 49.7 Å². The summed E-state index contributed by atoms with van der Waals surface area (Å²) in [7, 11) is 0. The number of hydrogen-bond acceptors (Lipinski definition) is 4. The number of anilines is 1. The molecular weight excluding hydrogens is 350 g/mol. The van der Waals surface area contributed by atoms with Gasteiger partial charge in [0.15, 0.2) is 0 Å². The molecule has 3 aliphatic rings. The van der Waals surface area contributed by atoms with Gasteiger partial charge in [-0.2, -0.15) is 0 Å². The van der Waals surface area contributed by atoms with Gasteiger partial charge in [-0.3, -0.25) is 0 Å². The number of hydrogen-bond donors (Lipinski definition) is 3. The summed E-state index contributed by atoms with van der Waals surface area (Å²) in [5.74, 6) is 2.50. The number of rotatable bonds is 2. The second-order valence-electron chi connectivity index (χ2n) is 9.25. The summed E-state index contributed by atoms with van der Waals surface area (Å²) in [6.45, 7) is 2.26. The molecule has 2 saturated carbocycles. The van der Waals surface area contributed by atoms with Gasteiger partial charge in [0.25, 0.3) is 0 Å². The fourth-order valence-corrected chi connectivity index (χ4v) is 6.42. The molecule has 6 atom stereocenters. The van der Waals surface area contributed by atoms with Gasteiger partial charge < -0.3 is 20.7 Å². The second kappa shape index (κ2) is 6.41. The zero-order chi connectivity index (χ0) is 19.5. The van der Waals surface area contributed by atoms with E-state index >= 15 is 0 Å². The van der Waals surface area contributed by atoms with Crippen LogP contribution in [0.2, 0.25) is 0 Å². The van der Waals surface area contributed by atoms with Crippen LogP contribution in [0, 0.1) is 17.3 Å². The molecule has 148 valence electrons. The van der Waals surface area contributed by atoms with E-state index in [0.29, 0.717) is 23.5 Å². The Balaban J connectivity index is 1.56. The highest BCUT2D eigenvalue weighted by molar-refractivity contribution is 5.43. The first-order chi connectivity index (χ1) is 13.5. The molecule has 4 N–H and O–H groups in total. The lowest BCUT2D eigenvalue weighted by Crippen LogP contribution is -2.51. The number of fused-ring (bicyclic) bond motifs is 5. The quantitative estimate of drug-likeness (QED) is 0.682. The van der Waals surface area contributed by atoms with E-state index in [2.05, 4.69) is 13.0 Å². The van der Waals surface area contributed by atoms with Crippen molar-refractivity contribution in [3.8, 4) is 11.5 Å². The molecule has 2 fully saturated rings. The van der Waals surface area contributed by atoms with E-state index in [0.717, 1.165) is 43.5 Å². The number of benzene rings is 2. The van der Waals surface area contributed by atoms with E-state index in [9.17, 15) is 10.2 Å². The molecule has 4 nitrogen and oxygen atoms in total. The van der Waals surface area contributed by atoms with Crippen molar-refractivity contribution in [3.63, 3.8) is 0 Å². The molecule has 0 amide bonds. The molecule has 0 spiro atoms. The molecule has 0 aliphatic heterocycles. The number of aryl methyl sites for hydroxylation is 1. The van der Waals surface area contributed by atoms with Crippen molar-refractivity contribution in [3.05, 3.63) is 53.6 Å². The summed E-state index contributed by atoms with van der Waals surface area (Å²) in [4.78, 5) is 0. The maximum absolute atomic E-state index is 10.8. The van der Waals surface area contributed by atoms with Gasteiger partial charge in [0.1, 0.15) is 17.6 Å². The van der Waals surface area contributed by atoms with Crippen molar-refractivity contribution in [2.24, 2.45) is 17.3 Å². The smallest absolute Gasteiger partial charge is 0.119 e. The number of aliphatic hydroxyl groups is 1. The number of ether oxygens (including phenoxy) is 1. The highest BCUT2D eigenvalue weighted by atomic mass is 16.5. The summed E-state index contributed by atoms with van der Waals surface area (Å²) >= 11 is 0. The molecule has 0 bridgehead atoms. The molecule has 28 heavy (non-hydrogen) atoms. The van der Waals surface area contributed by atoms with Crippen molar-refractivity contribution in [2.75, 3.05) is 5.73 Å². The van der Waals surface area contributed by atoms with Crippen LogP contribution in [0.3, 0.4) is 0 Å². The molecule has 0 aromatic heterocycles. The number of nitrogen functional groups attached to an aromatic ring is 1. The third-order valence-electron chi connectivity index (χ3n) is 7.78. The Morgan fingerprint density at radius 3 is 2.64 bits per heavy atom. The summed E-state index contributed by atoms with van der Waals surface area (Å²) < 4.78 is 6.56. The first kappa shape index (κ1) is 17.9. The van der Waals surface area contributed by atoms with Crippen LogP contribution in [-0.2, 0) is 6.42 Å². The van der Waals surface area contributed by atoms with Crippen molar-refractivity contribution in [1.82, 2.24) is 0 Å². The van der Waals surface area contributed by atoms with Gasteiger partial charge >= 0.3 is 0 Å². The van der Waals surface area contributed by atoms with Crippen molar-refractivity contribution >= 4 is 5.69 Å². The zero-order valence-electron chi connectivity index (χ0n) is 16.3. The van der Waals surface area contributed by atoms with Crippen LogP contribution in [-0.4, -0.2) is 22.4 Å². The van der Waals surface area contributed by atoms with E-state index in [1.54, 1.807) is 6.07 Å².